The zero-order valence-corrected chi connectivity index (χ0v) is 16.1. The number of benzene rings is 1. The summed E-state index contributed by atoms with van der Waals surface area (Å²) in [6.07, 6.45) is 3.75. The van der Waals surface area contributed by atoms with Crippen LogP contribution in [0.15, 0.2) is 36.7 Å². The molecule has 0 aliphatic carbocycles. The Hall–Kier alpha value is -3.07. The van der Waals surface area contributed by atoms with Gasteiger partial charge in [-0.1, -0.05) is 23.4 Å². The average molecular weight is 393 g/mol. The van der Waals surface area contributed by atoms with E-state index in [1.54, 1.807) is 11.0 Å². The van der Waals surface area contributed by atoms with Crippen LogP contribution in [0.5, 0.6) is 0 Å². The third kappa shape index (κ3) is 3.53. The molecule has 1 amide bonds. The predicted molar refractivity (Wildman–Crippen MR) is 107 cm³/mol. The van der Waals surface area contributed by atoms with Crippen molar-refractivity contribution in [1.82, 2.24) is 29.9 Å². The summed E-state index contributed by atoms with van der Waals surface area (Å²) in [6.45, 7) is 4.07. The molecule has 0 unspecified atom stereocenters. The Labute approximate surface area is 168 Å². The van der Waals surface area contributed by atoms with Gasteiger partial charge >= 0.3 is 0 Å². The molecule has 29 heavy (non-hydrogen) atoms. The van der Waals surface area contributed by atoms with Crippen molar-refractivity contribution in [2.75, 3.05) is 37.7 Å². The molecule has 1 atom stereocenters. The average Bonchev–Trinajstić information content (AvgIpc) is 3.45. The van der Waals surface area contributed by atoms with Gasteiger partial charge in [0.05, 0.1) is 19.3 Å². The lowest BCUT2D eigenvalue weighted by atomic mass is 10.1. The minimum Gasteiger partial charge on any atom is -0.373 e. The van der Waals surface area contributed by atoms with Crippen molar-refractivity contribution in [1.29, 1.82) is 0 Å². The lowest BCUT2D eigenvalue weighted by molar-refractivity contribution is -0.0297. The minimum absolute atomic E-state index is 0.0287. The number of amides is 1. The maximum atomic E-state index is 12.8. The van der Waals surface area contributed by atoms with Gasteiger partial charge in [-0.15, -0.1) is 5.10 Å². The molecule has 2 aromatic heterocycles. The van der Waals surface area contributed by atoms with Gasteiger partial charge in [0.1, 0.15) is 6.33 Å². The van der Waals surface area contributed by atoms with Gasteiger partial charge < -0.3 is 14.5 Å². The van der Waals surface area contributed by atoms with Crippen LogP contribution in [0.1, 0.15) is 23.2 Å². The molecular formula is C20H23N7O2. The molecule has 9 nitrogen and oxygen atoms in total. The van der Waals surface area contributed by atoms with Crippen LogP contribution in [-0.4, -0.2) is 74.7 Å². The van der Waals surface area contributed by atoms with Gasteiger partial charge in [-0.25, -0.2) is 14.6 Å². The number of carbonyl (C=O) groups excluding carboxylic acids is 1. The van der Waals surface area contributed by atoms with E-state index in [0.29, 0.717) is 37.5 Å². The molecule has 9 heteroatoms. The number of nitrogens with zero attached hydrogens (tertiary/aromatic N) is 7. The van der Waals surface area contributed by atoms with E-state index in [2.05, 4.69) is 25.2 Å². The van der Waals surface area contributed by atoms with Gasteiger partial charge in [-0.2, -0.15) is 0 Å². The molecule has 3 aromatic rings. The van der Waals surface area contributed by atoms with Crippen molar-refractivity contribution >= 4 is 22.9 Å². The van der Waals surface area contributed by atoms with Crippen LogP contribution in [0, 0.1) is 0 Å². The summed E-state index contributed by atoms with van der Waals surface area (Å²) in [5.41, 5.74) is 2.13. The fraction of sp³-hybridized carbons (Fsp3) is 0.450. The molecule has 0 radical (unpaired) electrons. The molecule has 1 aromatic carbocycles. The Balaban J connectivity index is 1.33. The second kappa shape index (κ2) is 7.75. The highest BCUT2D eigenvalue weighted by Crippen LogP contribution is 2.24. The maximum Gasteiger partial charge on any atom is 0.254 e. The number of anilines is 1. The fourth-order valence-corrected chi connectivity index (χ4v) is 4.03. The van der Waals surface area contributed by atoms with Crippen molar-refractivity contribution in [3.8, 4) is 0 Å². The smallest absolute Gasteiger partial charge is 0.254 e. The van der Waals surface area contributed by atoms with E-state index in [1.807, 2.05) is 35.2 Å². The topological polar surface area (TPSA) is 89.3 Å². The number of hydrogen-bond donors (Lipinski definition) is 0. The van der Waals surface area contributed by atoms with E-state index in [1.165, 1.54) is 12.8 Å². The molecule has 0 saturated carbocycles. The number of hydrogen-bond acceptors (Lipinski definition) is 7. The molecule has 2 aliphatic heterocycles. The Bertz CT molecular complexity index is 1000. The van der Waals surface area contributed by atoms with E-state index in [-0.39, 0.29) is 12.0 Å². The number of carbonyl (C=O) groups is 1. The van der Waals surface area contributed by atoms with E-state index >= 15 is 0 Å². The van der Waals surface area contributed by atoms with Crippen LogP contribution < -0.4 is 4.90 Å². The van der Waals surface area contributed by atoms with Crippen LogP contribution in [0.2, 0.25) is 0 Å². The highest BCUT2D eigenvalue weighted by atomic mass is 16.5. The van der Waals surface area contributed by atoms with Crippen molar-refractivity contribution in [3.05, 3.63) is 42.2 Å². The van der Waals surface area contributed by atoms with E-state index in [9.17, 15) is 4.79 Å². The Morgan fingerprint density at radius 3 is 2.76 bits per heavy atom. The molecule has 0 bridgehead atoms. The molecule has 0 N–H and O–H groups in total. The second-order valence-corrected chi connectivity index (χ2v) is 7.45. The summed E-state index contributed by atoms with van der Waals surface area (Å²) in [6, 6.07) is 9.35. The zero-order valence-electron chi connectivity index (χ0n) is 16.1. The number of morpholine rings is 1. The van der Waals surface area contributed by atoms with Crippen molar-refractivity contribution in [3.63, 3.8) is 0 Å². The molecule has 5 rings (SSSR count). The lowest BCUT2D eigenvalue weighted by Gasteiger charge is -2.33. The Morgan fingerprint density at radius 1 is 1.10 bits per heavy atom. The first kappa shape index (κ1) is 18.0. The third-order valence-electron chi connectivity index (χ3n) is 5.51. The Kier molecular flexibility index (Phi) is 4.81. The first-order valence-electron chi connectivity index (χ1n) is 10.0. The fourth-order valence-electron chi connectivity index (χ4n) is 4.03. The second-order valence-electron chi connectivity index (χ2n) is 7.45. The van der Waals surface area contributed by atoms with Crippen molar-refractivity contribution < 1.29 is 9.53 Å². The standard InChI is InChI=1S/C20H23N7O2/c28-20(15-6-2-1-3-7-15)26-10-11-29-16(12-26)13-27-19-17(23-24-27)18(21-14-22-19)25-8-4-5-9-25/h1-3,6-7,14,16H,4-5,8-13H2/t16-/m1/s1. The van der Waals surface area contributed by atoms with Gasteiger partial charge in [0, 0.05) is 31.7 Å². The highest BCUT2D eigenvalue weighted by molar-refractivity contribution is 5.94. The molecule has 2 saturated heterocycles. The van der Waals surface area contributed by atoms with Crippen LogP contribution >= 0.6 is 0 Å². The third-order valence-corrected chi connectivity index (χ3v) is 5.51. The number of rotatable bonds is 4. The van der Waals surface area contributed by atoms with Crippen LogP contribution in [0.25, 0.3) is 11.2 Å². The number of ether oxygens (including phenoxy) is 1. The van der Waals surface area contributed by atoms with Gasteiger partial charge in [0.2, 0.25) is 0 Å². The van der Waals surface area contributed by atoms with Gasteiger partial charge in [-0.3, -0.25) is 4.79 Å². The summed E-state index contributed by atoms with van der Waals surface area (Å²) in [4.78, 5) is 25.7. The molecule has 4 heterocycles. The van der Waals surface area contributed by atoms with Gasteiger partial charge in [-0.05, 0) is 25.0 Å². The minimum atomic E-state index is -0.161. The molecule has 2 fully saturated rings. The molecular weight excluding hydrogens is 370 g/mol. The summed E-state index contributed by atoms with van der Waals surface area (Å²) < 4.78 is 7.67. The van der Waals surface area contributed by atoms with E-state index in [4.69, 9.17) is 4.74 Å². The first-order valence-corrected chi connectivity index (χ1v) is 10.0. The highest BCUT2D eigenvalue weighted by Gasteiger charge is 2.27. The van der Waals surface area contributed by atoms with Gasteiger partial charge in [0.15, 0.2) is 17.0 Å². The summed E-state index contributed by atoms with van der Waals surface area (Å²) in [5, 5.41) is 8.64. The zero-order chi connectivity index (χ0) is 19.6. The van der Waals surface area contributed by atoms with E-state index in [0.717, 1.165) is 24.4 Å². The van der Waals surface area contributed by atoms with Crippen molar-refractivity contribution in [2.24, 2.45) is 0 Å². The monoisotopic (exact) mass is 393 g/mol. The Morgan fingerprint density at radius 2 is 1.93 bits per heavy atom. The summed E-state index contributed by atoms with van der Waals surface area (Å²) in [5.74, 6) is 0.880. The maximum absolute atomic E-state index is 12.8. The van der Waals surface area contributed by atoms with E-state index < -0.39 is 0 Å². The number of aromatic nitrogens is 5. The first-order chi connectivity index (χ1) is 14.3. The predicted octanol–water partition coefficient (Wildman–Crippen LogP) is 1.36. The SMILES string of the molecule is O=C(c1ccccc1)N1CCO[C@@H](Cn2nnc3c(N4CCCC4)ncnc32)C1. The van der Waals surface area contributed by atoms with Crippen LogP contribution in [0.4, 0.5) is 5.82 Å². The summed E-state index contributed by atoms with van der Waals surface area (Å²) in [7, 11) is 0. The summed E-state index contributed by atoms with van der Waals surface area (Å²) >= 11 is 0. The van der Waals surface area contributed by atoms with Crippen LogP contribution in [-0.2, 0) is 11.3 Å². The largest absolute Gasteiger partial charge is 0.373 e. The molecule has 150 valence electrons. The molecule has 0 spiro atoms. The van der Waals surface area contributed by atoms with Crippen LogP contribution in [0.3, 0.4) is 0 Å². The van der Waals surface area contributed by atoms with Gasteiger partial charge in [0.25, 0.3) is 5.91 Å². The normalized spacial score (nSPS) is 19.8. The molecule has 2 aliphatic rings. The lowest BCUT2D eigenvalue weighted by Crippen LogP contribution is -2.47. The number of fused-ring (bicyclic) bond motifs is 1. The quantitative estimate of drug-likeness (QED) is 0.661. The van der Waals surface area contributed by atoms with Crippen molar-refractivity contribution in [2.45, 2.75) is 25.5 Å².